The van der Waals surface area contributed by atoms with Gasteiger partial charge in [0, 0.05) is 6.20 Å². The number of nitrogens with zero attached hydrogens (tertiary/aromatic N) is 1. The first-order valence-electron chi connectivity index (χ1n) is 5.67. The average Bonchev–Trinajstić information content (AvgIpc) is 2.28. The van der Waals surface area contributed by atoms with Crippen LogP contribution in [0.1, 0.15) is 25.0 Å². The Morgan fingerprint density at radius 3 is 2.47 bits per heavy atom. The van der Waals surface area contributed by atoms with Crippen LogP contribution in [0.4, 0.5) is 13.2 Å². The zero-order valence-corrected chi connectivity index (χ0v) is 11.0. The molecule has 1 aromatic rings. The van der Waals surface area contributed by atoms with Gasteiger partial charge in [0.2, 0.25) is 0 Å². The molecule has 0 bridgehead atoms. The first-order chi connectivity index (χ1) is 8.64. The summed E-state index contributed by atoms with van der Waals surface area (Å²) in [5, 5.41) is 10.2. The van der Waals surface area contributed by atoms with Gasteiger partial charge in [-0.05, 0) is 44.0 Å². The number of rotatable bonds is 4. The number of hydrogen-bond acceptors (Lipinski definition) is 2. The highest BCUT2D eigenvalue weighted by Crippen LogP contribution is 2.40. The van der Waals surface area contributed by atoms with Gasteiger partial charge in [0.05, 0.1) is 5.71 Å². The van der Waals surface area contributed by atoms with E-state index in [0.717, 1.165) is 38.2 Å². The highest BCUT2D eigenvalue weighted by atomic mass is 19.3. The van der Waals surface area contributed by atoms with E-state index in [1.807, 2.05) is 0 Å². The van der Waals surface area contributed by atoms with Gasteiger partial charge in [0.25, 0.3) is 0 Å². The van der Waals surface area contributed by atoms with Crippen molar-refractivity contribution in [2.75, 3.05) is 0 Å². The predicted molar refractivity (Wildman–Crippen MR) is 69.0 cm³/mol. The zero-order chi connectivity index (χ0) is 14.8. The number of aliphatic hydroxyl groups is 1. The predicted octanol–water partition coefficient (Wildman–Crippen LogP) is 3.58. The molecule has 1 atom stereocenters. The normalized spacial score (nSPS) is 16.1. The van der Waals surface area contributed by atoms with Crippen molar-refractivity contribution in [2.24, 2.45) is 4.99 Å². The minimum absolute atomic E-state index is 0.0440. The number of benzene rings is 1. The van der Waals surface area contributed by atoms with Crippen LogP contribution in [0.3, 0.4) is 0 Å². The number of alkyl halides is 2. The summed E-state index contributed by atoms with van der Waals surface area (Å²) in [5.41, 5.74) is -2.84. The van der Waals surface area contributed by atoms with E-state index in [0.29, 0.717) is 0 Å². The Morgan fingerprint density at radius 2 is 2.00 bits per heavy atom. The van der Waals surface area contributed by atoms with Crippen molar-refractivity contribution in [3.63, 3.8) is 0 Å². The van der Waals surface area contributed by atoms with Gasteiger partial charge >= 0.3 is 5.92 Å². The van der Waals surface area contributed by atoms with E-state index >= 15 is 0 Å². The largest absolute Gasteiger partial charge is 0.379 e. The van der Waals surface area contributed by atoms with Crippen LogP contribution >= 0.6 is 0 Å². The van der Waals surface area contributed by atoms with E-state index in [1.165, 1.54) is 6.92 Å². The fourth-order valence-electron chi connectivity index (χ4n) is 1.91. The molecule has 0 radical (unpaired) electrons. The molecule has 0 unspecified atom stereocenters. The summed E-state index contributed by atoms with van der Waals surface area (Å²) in [6.07, 6.45) is 0.983. The lowest BCUT2D eigenvalue weighted by Gasteiger charge is -2.34. The van der Waals surface area contributed by atoms with Crippen molar-refractivity contribution >= 4 is 5.71 Å². The molecule has 0 saturated heterocycles. The van der Waals surface area contributed by atoms with Crippen molar-refractivity contribution in [1.29, 1.82) is 0 Å². The van der Waals surface area contributed by atoms with Gasteiger partial charge < -0.3 is 5.11 Å². The number of halogens is 3. The Labute approximate surface area is 110 Å². The minimum Gasteiger partial charge on any atom is -0.379 e. The molecule has 1 rings (SSSR count). The van der Waals surface area contributed by atoms with Gasteiger partial charge in [0.1, 0.15) is 5.82 Å². The maximum atomic E-state index is 14.2. The summed E-state index contributed by atoms with van der Waals surface area (Å²) < 4.78 is 41.5. The third-order valence-corrected chi connectivity index (χ3v) is 3.06. The molecule has 0 amide bonds. The molecular formula is C14H16F3NO. The van der Waals surface area contributed by atoms with Crippen LogP contribution in [-0.2, 0) is 5.60 Å². The molecule has 104 valence electrons. The Hall–Kier alpha value is -1.62. The van der Waals surface area contributed by atoms with Crippen LogP contribution in [0.15, 0.2) is 36.0 Å². The molecule has 0 aromatic heterocycles. The lowest BCUT2D eigenvalue weighted by atomic mass is 9.84. The second kappa shape index (κ2) is 5.17. The fraction of sp³-hybridized carbons (Fsp3) is 0.357. The van der Waals surface area contributed by atoms with Crippen LogP contribution in [0.2, 0.25) is 0 Å². The Morgan fingerprint density at radius 1 is 1.42 bits per heavy atom. The van der Waals surface area contributed by atoms with E-state index < -0.39 is 23.1 Å². The third-order valence-electron chi connectivity index (χ3n) is 3.06. The monoisotopic (exact) mass is 271 g/mol. The van der Waals surface area contributed by atoms with Gasteiger partial charge in [-0.1, -0.05) is 12.6 Å². The molecule has 5 heteroatoms. The average molecular weight is 271 g/mol. The second-order valence-electron chi connectivity index (χ2n) is 4.50. The molecule has 1 N–H and O–H groups in total. The maximum Gasteiger partial charge on any atom is 0.317 e. The molecule has 0 aliphatic heterocycles. The summed E-state index contributed by atoms with van der Waals surface area (Å²) >= 11 is 0. The molecule has 0 aliphatic carbocycles. The summed E-state index contributed by atoms with van der Waals surface area (Å²) in [7, 11) is 0. The topological polar surface area (TPSA) is 32.6 Å². The van der Waals surface area contributed by atoms with Gasteiger partial charge in [0.15, 0.2) is 5.60 Å². The third kappa shape index (κ3) is 2.71. The van der Waals surface area contributed by atoms with Crippen molar-refractivity contribution in [3.05, 3.63) is 47.9 Å². The van der Waals surface area contributed by atoms with Crippen LogP contribution < -0.4 is 0 Å². The highest BCUT2D eigenvalue weighted by molar-refractivity contribution is 5.90. The molecule has 0 heterocycles. The molecule has 0 saturated carbocycles. The first-order valence-corrected chi connectivity index (χ1v) is 5.67. The van der Waals surface area contributed by atoms with E-state index in [-0.39, 0.29) is 11.1 Å². The fourth-order valence-corrected chi connectivity index (χ4v) is 1.91. The smallest absolute Gasteiger partial charge is 0.317 e. The maximum absolute atomic E-state index is 14.2. The van der Waals surface area contributed by atoms with Crippen molar-refractivity contribution in [2.45, 2.75) is 32.3 Å². The summed E-state index contributed by atoms with van der Waals surface area (Å²) in [6, 6.07) is 3.28. The van der Waals surface area contributed by atoms with Crippen LogP contribution in [0.5, 0.6) is 0 Å². The van der Waals surface area contributed by atoms with Gasteiger partial charge in [-0.25, -0.2) is 4.39 Å². The van der Waals surface area contributed by atoms with Gasteiger partial charge in [-0.15, -0.1) is 0 Å². The molecule has 2 nitrogen and oxygen atoms in total. The first kappa shape index (κ1) is 15.4. The lowest BCUT2D eigenvalue weighted by molar-refractivity contribution is -0.131. The van der Waals surface area contributed by atoms with Crippen molar-refractivity contribution in [3.8, 4) is 0 Å². The molecule has 19 heavy (non-hydrogen) atoms. The van der Waals surface area contributed by atoms with Crippen LogP contribution in [0, 0.1) is 12.7 Å². The molecular weight excluding hydrogens is 255 g/mol. The number of aryl methyl sites for hydroxylation is 1. The van der Waals surface area contributed by atoms with E-state index in [9.17, 15) is 18.3 Å². The van der Waals surface area contributed by atoms with E-state index in [1.54, 1.807) is 0 Å². The number of hydrogen-bond donors (Lipinski definition) is 1. The summed E-state index contributed by atoms with van der Waals surface area (Å²) in [5.74, 6) is -4.14. The highest BCUT2D eigenvalue weighted by Gasteiger charge is 2.53. The number of aliphatic imine (C=N–C) groups is 1. The Bertz CT molecular complexity index is 521. The summed E-state index contributed by atoms with van der Waals surface area (Å²) in [4.78, 5) is 3.43. The molecule has 0 spiro atoms. The van der Waals surface area contributed by atoms with Crippen molar-refractivity contribution in [1.82, 2.24) is 0 Å². The van der Waals surface area contributed by atoms with Gasteiger partial charge in [-0.3, -0.25) is 4.99 Å². The SMILES string of the molecule is C=CN=C(C)C(F)(F)[C@@](C)(O)c1ccc(F)cc1C. The Balaban J connectivity index is 3.37. The van der Waals surface area contributed by atoms with E-state index in [4.69, 9.17) is 0 Å². The standard InChI is InChI=1S/C14H16F3NO/c1-5-18-10(3)14(16,17)13(4,19)12-7-6-11(15)8-9(12)2/h5-8,19H,1H2,2-4H3/t13-/m0/s1. The van der Waals surface area contributed by atoms with Crippen LogP contribution in [0.25, 0.3) is 0 Å². The van der Waals surface area contributed by atoms with Gasteiger partial charge in [-0.2, -0.15) is 8.78 Å². The quantitative estimate of drug-likeness (QED) is 0.834. The minimum atomic E-state index is -3.59. The Kier molecular flexibility index (Phi) is 4.20. The molecule has 1 aromatic carbocycles. The molecule has 0 fully saturated rings. The van der Waals surface area contributed by atoms with Crippen LogP contribution in [-0.4, -0.2) is 16.7 Å². The van der Waals surface area contributed by atoms with E-state index in [2.05, 4.69) is 11.6 Å². The second-order valence-corrected chi connectivity index (χ2v) is 4.50. The summed E-state index contributed by atoms with van der Waals surface area (Å²) in [6.45, 7) is 6.79. The lowest BCUT2D eigenvalue weighted by Crippen LogP contribution is -2.48. The zero-order valence-electron chi connectivity index (χ0n) is 11.0. The molecule has 0 aliphatic rings. The van der Waals surface area contributed by atoms with Crippen molar-refractivity contribution < 1.29 is 18.3 Å².